The van der Waals surface area contributed by atoms with Gasteiger partial charge in [-0.25, -0.2) is 4.68 Å². The third kappa shape index (κ3) is 3.50. The number of carbonyl (C=O) groups excluding carboxylic acids is 1. The summed E-state index contributed by atoms with van der Waals surface area (Å²) < 4.78 is 1.58. The molecule has 1 amide bonds. The molecule has 2 fully saturated rings. The van der Waals surface area contributed by atoms with Gasteiger partial charge < -0.3 is 4.90 Å². The summed E-state index contributed by atoms with van der Waals surface area (Å²) in [7, 11) is 0. The second kappa shape index (κ2) is 6.47. The van der Waals surface area contributed by atoms with E-state index in [9.17, 15) is 9.59 Å². The van der Waals surface area contributed by atoms with E-state index in [1.807, 2.05) is 42.2 Å². The van der Waals surface area contributed by atoms with Crippen LogP contribution in [0.2, 0.25) is 0 Å². The first-order valence-corrected chi connectivity index (χ1v) is 9.00. The lowest BCUT2D eigenvalue weighted by Crippen LogP contribution is -2.52. The van der Waals surface area contributed by atoms with Gasteiger partial charge in [-0.3, -0.25) is 9.59 Å². The van der Waals surface area contributed by atoms with Crippen LogP contribution in [0.25, 0.3) is 0 Å². The van der Waals surface area contributed by atoms with Crippen LogP contribution >= 0.6 is 0 Å². The molecule has 0 N–H and O–H groups in total. The number of aryl methyl sites for hydroxylation is 1. The molecule has 2 aromatic rings. The monoisotopic (exact) mass is 337 g/mol. The number of benzene rings is 1. The number of hydrogen-bond donors (Lipinski definition) is 0. The first-order valence-electron chi connectivity index (χ1n) is 9.00. The van der Waals surface area contributed by atoms with Crippen LogP contribution in [0, 0.1) is 12.8 Å². The average molecular weight is 337 g/mol. The number of hydrogen-bond acceptors (Lipinski definition) is 3. The smallest absolute Gasteiger partial charge is 0.266 e. The Kier molecular flexibility index (Phi) is 4.15. The zero-order valence-corrected chi connectivity index (χ0v) is 14.5. The fourth-order valence-electron chi connectivity index (χ4n) is 3.41. The van der Waals surface area contributed by atoms with Crippen LogP contribution in [0.3, 0.4) is 0 Å². The Bertz CT molecular complexity index is 848. The largest absolute Gasteiger partial charge is 0.342 e. The van der Waals surface area contributed by atoms with Crippen molar-refractivity contribution in [3.8, 4) is 0 Å². The molecule has 1 aromatic carbocycles. The van der Waals surface area contributed by atoms with Gasteiger partial charge in [-0.2, -0.15) is 5.10 Å². The van der Waals surface area contributed by atoms with Crippen LogP contribution in [-0.2, 0) is 17.8 Å². The summed E-state index contributed by atoms with van der Waals surface area (Å²) >= 11 is 0. The maximum absolute atomic E-state index is 12.4. The normalized spacial score (nSPS) is 17.4. The van der Waals surface area contributed by atoms with Crippen molar-refractivity contribution in [2.75, 3.05) is 13.1 Å². The summed E-state index contributed by atoms with van der Waals surface area (Å²) in [6, 6.07) is 11.5. The molecule has 5 heteroatoms. The predicted octanol–water partition coefficient (Wildman–Crippen LogP) is 2.13. The first kappa shape index (κ1) is 16.1. The van der Waals surface area contributed by atoms with Gasteiger partial charge in [0.1, 0.15) is 0 Å². The van der Waals surface area contributed by atoms with Crippen molar-refractivity contribution in [2.45, 2.75) is 38.6 Å². The Morgan fingerprint density at radius 3 is 2.64 bits per heavy atom. The van der Waals surface area contributed by atoms with Crippen LogP contribution in [0.5, 0.6) is 0 Å². The molecule has 5 nitrogen and oxygen atoms in total. The van der Waals surface area contributed by atoms with E-state index in [4.69, 9.17) is 0 Å². The molecular weight excluding hydrogens is 314 g/mol. The fourth-order valence-corrected chi connectivity index (χ4v) is 3.41. The van der Waals surface area contributed by atoms with E-state index in [2.05, 4.69) is 5.10 Å². The average Bonchev–Trinajstić information content (AvgIpc) is 3.39. The van der Waals surface area contributed by atoms with Crippen LogP contribution < -0.4 is 5.56 Å². The van der Waals surface area contributed by atoms with E-state index >= 15 is 0 Å². The summed E-state index contributed by atoms with van der Waals surface area (Å²) in [4.78, 5) is 26.3. The molecule has 2 aliphatic rings. The molecule has 1 saturated heterocycles. The fraction of sp³-hybridized carbons (Fsp3) is 0.450. The van der Waals surface area contributed by atoms with Crippen molar-refractivity contribution >= 4 is 5.91 Å². The predicted molar refractivity (Wildman–Crippen MR) is 95.4 cm³/mol. The van der Waals surface area contributed by atoms with Gasteiger partial charge in [0.2, 0.25) is 5.91 Å². The highest BCUT2D eigenvalue weighted by atomic mass is 16.2. The second-order valence-electron chi connectivity index (χ2n) is 7.32. The van der Waals surface area contributed by atoms with E-state index in [1.165, 1.54) is 12.8 Å². The number of carbonyl (C=O) groups is 1. The molecule has 0 bridgehead atoms. The van der Waals surface area contributed by atoms with Gasteiger partial charge in [-0.05, 0) is 37.0 Å². The van der Waals surface area contributed by atoms with E-state index < -0.39 is 0 Å². The molecule has 4 rings (SSSR count). The number of nitrogens with zero attached hydrogens (tertiary/aromatic N) is 3. The summed E-state index contributed by atoms with van der Waals surface area (Å²) in [5.74, 6) is 1.03. The molecule has 1 saturated carbocycles. The number of amides is 1. The Morgan fingerprint density at radius 1 is 1.16 bits per heavy atom. The lowest BCUT2D eigenvalue weighted by atomic mass is 9.98. The van der Waals surface area contributed by atoms with E-state index in [0.29, 0.717) is 37.9 Å². The highest BCUT2D eigenvalue weighted by Gasteiger charge is 2.32. The Labute approximate surface area is 147 Å². The third-order valence-electron chi connectivity index (χ3n) is 5.23. The van der Waals surface area contributed by atoms with Crippen LogP contribution in [0.4, 0.5) is 0 Å². The number of rotatable bonds is 5. The van der Waals surface area contributed by atoms with Crippen molar-refractivity contribution in [1.82, 2.24) is 14.7 Å². The van der Waals surface area contributed by atoms with Gasteiger partial charge in [0.15, 0.2) is 0 Å². The standard InChI is InChI=1S/C20H23N3O2/c1-14-4-2-3-5-17(14)10-20(25)22-11-15(12-22)13-23-19(24)9-8-18(21-23)16-6-7-16/h2-5,8-9,15-16H,6-7,10-13H2,1H3. The molecule has 130 valence electrons. The topological polar surface area (TPSA) is 55.2 Å². The van der Waals surface area contributed by atoms with Gasteiger partial charge in [0.05, 0.1) is 18.7 Å². The minimum atomic E-state index is -0.0471. The summed E-state index contributed by atoms with van der Waals surface area (Å²) in [6.07, 6.45) is 2.81. The highest BCUT2D eigenvalue weighted by Crippen LogP contribution is 2.38. The maximum atomic E-state index is 12.4. The van der Waals surface area contributed by atoms with Gasteiger partial charge in [0.25, 0.3) is 5.56 Å². The van der Waals surface area contributed by atoms with Crippen molar-refractivity contribution in [3.63, 3.8) is 0 Å². The molecule has 0 spiro atoms. The Balaban J connectivity index is 1.33. The molecule has 1 aliphatic heterocycles. The van der Waals surface area contributed by atoms with E-state index in [0.717, 1.165) is 16.8 Å². The first-order chi connectivity index (χ1) is 12.1. The molecule has 0 radical (unpaired) electrons. The molecule has 25 heavy (non-hydrogen) atoms. The highest BCUT2D eigenvalue weighted by molar-refractivity contribution is 5.79. The zero-order valence-electron chi connectivity index (χ0n) is 14.5. The summed E-state index contributed by atoms with van der Waals surface area (Å²) in [5, 5.41) is 4.51. The van der Waals surface area contributed by atoms with Crippen molar-refractivity contribution in [3.05, 3.63) is 63.6 Å². The van der Waals surface area contributed by atoms with Gasteiger partial charge in [0, 0.05) is 31.0 Å². The van der Waals surface area contributed by atoms with Gasteiger partial charge >= 0.3 is 0 Å². The number of aromatic nitrogens is 2. The second-order valence-corrected chi connectivity index (χ2v) is 7.32. The van der Waals surface area contributed by atoms with Gasteiger partial charge in [-0.15, -0.1) is 0 Å². The van der Waals surface area contributed by atoms with E-state index in [-0.39, 0.29) is 11.5 Å². The maximum Gasteiger partial charge on any atom is 0.266 e. The van der Waals surface area contributed by atoms with E-state index in [1.54, 1.807) is 10.7 Å². The molecule has 1 aliphatic carbocycles. The third-order valence-corrected chi connectivity index (χ3v) is 5.23. The van der Waals surface area contributed by atoms with Crippen LogP contribution in [0.15, 0.2) is 41.2 Å². The summed E-state index contributed by atoms with van der Waals surface area (Å²) in [5.41, 5.74) is 3.23. The Hall–Kier alpha value is -2.43. The SMILES string of the molecule is Cc1ccccc1CC(=O)N1CC(Cn2nc(C3CC3)ccc2=O)C1. The zero-order chi connectivity index (χ0) is 17.4. The van der Waals surface area contributed by atoms with Crippen LogP contribution in [-0.4, -0.2) is 33.7 Å². The lowest BCUT2D eigenvalue weighted by molar-refractivity contribution is -0.137. The minimum absolute atomic E-state index is 0.0471. The minimum Gasteiger partial charge on any atom is -0.342 e. The molecule has 0 unspecified atom stereocenters. The molecular formula is C20H23N3O2. The van der Waals surface area contributed by atoms with Crippen molar-refractivity contribution in [2.24, 2.45) is 5.92 Å². The molecule has 2 heterocycles. The Morgan fingerprint density at radius 2 is 1.92 bits per heavy atom. The van der Waals surface area contributed by atoms with Crippen LogP contribution in [0.1, 0.15) is 35.6 Å². The quantitative estimate of drug-likeness (QED) is 0.840. The molecule has 1 aromatic heterocycles. The van der Waals surface area contributed by atoms with Gasteiger partial charge in [-0.1, -0.05) is 24.3 Å². The number of likely N-dealkylation sites (tertiary alicyclic amines) is 1. The summed E-state index contributed by atoms with van der Waals surface area (Å²) in [6.45, 7) is 4.07. The van der Waals surface area contributed by atoms with Crippen molar-refractivity contribution < 1.29 is 4.79 Å². The van der Waals surface area contributed by atoms with Crippen molar-refractivity contribution in [1.29, 1.82) is 0 Å². The molecule has 0 atom stereocenters. The lowest BCUT2D eigenvalue weighted by Gasteiger charge is -2.39.